The van der Waals surface area contributed by atoms with Gasteiger partial charge in [0.1, 0.15) is 5.82 Å². The van der Waals surface area contributed by atoms with Crippen LogP contribution in [0.3, 0.4) is 0 Å². The van der Waals surface area contributed by atoms with Crippen LogP contribution in [0.15, 0.2) is 24.3 Å². The smallest absolute Gasteiger partial charge is 0.123 e. The standard InChI is InChI=1S/C11H14FNO/c12-9-3-1-2-8(6-9)11-5-4-10(7-13)14-11/h1-3,6,10-11H,4-5,7,13H2. The van der Waals surface area contributed by atoms with Gasteiger partial charge in [0.15, 0.2) is 0 Å². The van der Waals surface area contributed by atoms with Gasteiger partial charge < -0.3 is 10.5 Å². The predicted octanol–water partition coefficient (Wildman–Crippen LogP) is 2.00. The van der Waals surface area contributed by atoms with Gasteiger partial charge in [-0.15, -0.1) is 0 Å². The minimum Gasteiger partial charge on any atom is -0.369 e. The van der Waals surface area contributed by atoms with E-state index in [1.807, 2.05) is 6.07 Å². The molecule has 3 heteroatoms. The molecule has 0 bridgehead atoms. The van der Waals surface area contributed by atoms with Crippen LogP contribution in [-0.4, -0.2) is 12.6 Å². The summed E-state index contributed by atoms with van der Waals surface area (Å²) in [7, 11) is 0. The number of nitrogens with two attached hydrogens (primary N) is 1. The highest BCUT2D eigenvalue weighted by atomic mass is 19.1. The number of hydrogen-bond acceptors (Lipinski definition) is 2. The van der Waals surface area contributed by atoms with Gasteiger partial charge in [-0.05, 0) is 30.5 Å². The van der Waals surface area contributed by atoms with E-state index in [0.717, 1.165) is 18.4 Å². The van der Waals surface area contributed by atoms with Crippen molar-refractivity contribution in [3.8, 4) is 0 Å². The first-order chi connectivity index (χ1) is 6.79. The number of ether oxygens (including phenoxy) is 1. The number of rotatable bonds is 2. The Balaban J connectivity index is 2.09. The summed E-state index contributed by atoms with van der Waals surface area (Å²) in [5.41, 5.74) is 6.42. The molecule has 0 amide bonds. The molecule has 0 saturated carbocycles. The van der Waals surface area contributed by atoms with Crippen molar-refractivity contribution in [2.24, 2.45) is 5.73 Å². The summed E-state index contributed by atoms with van der Waals surface area (Å²) in [5, 5.41) is 0. The molecule has 1 saturated heterocycles. The molecule has 0 spiro atoms. The summed E-state index contributed by atoms with van der Waals surface area (Å²) in [5.74, 6) is -0.206. The zero-order valence-electron chi connectivity index (χ0n) is 7.95. The van der Waals surface area contributed by atoms with Crippen molar-refractivity contribution in [1.29, 1.82) is 0 Å². The first-order valence-corrected chi connectivity index (χ1v) is 4.90. The Hall–Kier alpha value is -0.930. The molecular formula is C11H14FNO. The summed E-state index contributed by atoms with van der Waals surface area (Å²) < 4.78 is 18.6. The van der Waals surface area contributed by atoms with E-state index in [4.69, 9.17) is 10.5 Å². The fourth-order valence-corrected chi connectivity index (χ4v) is 1.83. The Kier molecular flexibility index (Phi) is 2.79. The summed E-state index contributed by atoms with van der Waals surface area (Å²) in [4.78, 5) is 0. The van der Waals surface area contributed by atoms with Gasteiger partial charge in [0, 0.05) is 6.54 Å². The van der Waals surface area contributed by atoms with Crippen LogP contribution in [0.5, 0.6) is 0 Å². The molecule has 1 aromatic rings. The summed E-state index contributed by atoms with van der Waals surface area (Å²) in [6.07, 6.45) is 2.07. The van der Waals surface area contributed by atoms with Crippen molar-refractivity contribution in [3.05, 3.63) is 35.6 Å². The van der Waals surface area contributed by atoms with Gasteiger partial charge in [-0.3, -0.25) is 0 Å². The molecule has 1 aliphatic rings. The number of benzene rings is 1. The predicted molar refractivity (Wildman–Crippen MR) is 52.3 cm³/mol. The van der Waals surface area contributed by atoms with E-state index >= 15 is 0 Å². The third-order valence-electron chi connectivity index (χ3n) is 2.59. The molecular weight excluding hydrogens is 181 g/mol. The first-order valence-electron chi connectivity index (χ1n) is 4.90. The van der Waals surface area contributed by atoms with E-state index in [9.17, 15) is 4.39 Å². The Morgan fingerprint density at radius 3 is 2.93 bits per heavy atom. The quantitative estimate of drug-likeness (QED) is 0.783. The maximum absolute atomic E-state index is 12.9. The van der Waals surface area contributed by atoms with Crippen LogP contribution in [0, 0.1) is 5.82 Å². The number of halogens is 1. The Bertz CT molecular complexity index is 316. The van der Waals surface area contributed by atoms with Gasteiger partial charge in [0.05, 0.1) is 12.2 Å². The third kappa shape index (κ3) is 1.94. The van der Waals surface area contributed by atoms with Crippen LogP contribution in [0.1, 0.15) is 24.5 Å². The molecule has 1 fully saturated rings. The molecule has 2 atom stereocenters. The van der Waals surface area contributed by atoms with Gasteiger partial charge in [-0.2, -0.15) is 0 Å². The van der Waals surface area contributed by atoms with E-state index in [0.29, 0.717) is 6.54 Å². The molecule has 2 unspecified atom stereocenters. The topological polar surface area (TPSA) is 35.2 Å². The molecule has 0 aliphatic carbocycles. The van der Waals surface area contributed by atoms with E-state index in [1.165, 1.54) is 12.1 Å². The highest BCUT2D eigenvalue weighted by Gasteiger charge is 2.25. The van der Waals surface area contributed by atoms with Gasteiger partial charge in [-0.25, -0.2) is 4.39 Å². The molecule has 2 rings (SSSR count). The first kappa shape index (κ1) is 9.62. The third-order valence-corrected chi connectivity index (χ3v) is 2.59. The fourth-order valence-electron chi connectivity index (χ4n) is 1.83. The van der Waals surface area contributed by atoms with Crippen LogP contribution in [0.2, 0.25) is 0 Å². The van der Waals surface area contributed by atoms with Gasteiger partial charge >= 0.3 is 0 Å². The van der Waals surface area contributed by atoms with E-state index in [2.05, 4.69) is 0 Å². The zero-order chi connectivity index (χ0) is 9.97. The van der Waals surface area contributed by atoms with E-state index in [-0.39, 0.29) is 18.0 Å². The summed E-state index contributed by atoms with van der Waals surface area (Å²) >= 11 is 0. The second kappa shape index (κ2) is 4.07. The highest BCUT2D eigenvalue weighted by Crippen LogP contribution is 2.32. The fraction of sp³-hybridized carbons (Fsp3) is 0.455. The lowest BCUT2D eigenvalue weighted by Crippen LogP contribution is -2.18. The van der Waals surface area contributed by atoms with Crippen molar-refractivity contribution >= 4 is 0 Å². The second-order valence-corrected chi connectivity index (χ2v) is 3.61. The molecule has 1 aliphatic heterocycles. The van der Waals surface area contributed by atoms with E-state index < -0.39 is 0 Å². The van der Waals surface area contributed by atoms with Crippen molar-refractivity contribution in [3.63, 3.8) is 0 Å². The lowest BCUT2D eigenvalue weighted by Gasteiger charge is -2.12. The average molecular weight is 195 g/mol. The molecule has 14 heavy (non-hydrogen) atoms. The zero-order valence-corrected chi connectivity index (χ0v) is 7.95. The Morgan fingerprint density at radius 2 is 2.29 bits per heavy atom. The van der Waals surface area contributed by atoms with E-state index in [1.54, 1.807) is 6.07 Å². The number of hydrogen-bond donors (Lipinski definition) is 1. The lowest BCUT2D eigenvalue weighted by molar-refractivity contribution is 0.0497. The maximum atomic E-state index is 12.9. The molecule has 76 valence electrons. The van der Waals surface area contributed by atoms with Crippen molar-refractivity contribution in [2.45, 2.75) is 25.0 Å². The van der Waals surface area contributed by atoms with Crippen molar-refractivity contribution in [1.82, 2.24) is 0 Å². The van der Waals surface area contributed by atoms with Crippen LogP contribution < -0.4 is 5.73 Å². The van der Waals surface area contributed by atoms with Gasteiger partial charge in [0.25, 0.3) is 0 Å². The molecule has 1 aromatic carbocycles. The van der Waals surface area contributed by atoms with Crippen LogP contribution in [0.4, 0.5) is 4.39 Å². The Labute approximate surface area is 82.9 Å². The minimum absolute atomic E-state index is 0.0271. The van der Waals surface area contributed by atoms with Crippen LogP contribution in [-0.2, 0) is 4.74 Å². The monoisotopic (exact) mass is 195 g/mol. The normalized spacial score (nSPS) is 26.7. The van der Waals surface area contributed by atoms with Crippen LogP contribution in [0.25, 0.3) is 0 Å². The average Bonchev–Trinajstić information content (AvgIpc) is 2.66. The molecule has 2 N–H and O–H groups in total. The highest BCUT2D eigenvalue weighted by molar-refractivity contribution is 5.19. The van der Waals surface area contributed by atoms with Crippen molar-refractivity contribution in [2.75, 3.05) is 6.54 Å². The minimum atomic E-state index is -0.206. The lowest BCUT2D eigenvalue weighted by atomic mass is 10.1. The molecule has 0 aromatic heterocycles. The Morgan fingerprint density at radius 1 is 1.43 bits per heavy atom. The molecule has 1 heterocycles. The largest absolute Gasteiger partial charge is 0.369 e. The molecule has 0 radical (unpaired) electrons. The van der Waals surface area contributed by atoms with Crippen LogP contribution >= 0.6 is 0 Å². The van der Waals surface area contributed by atoms with Crippen molar-refractivity contribution < 1.29 is 9.13 Å². The summed E-state index contributed by atoms with van der Waals surface area (Å²) in [6.45, 7) is 0.547. The molecule has 2 nitrogen and oxygen atoms in total. The van der Waals surface area contributed by atoms with Gasteiger partial charge in [-0.1, -0.05) is 12.1 Å². The van der Waals surface area contributed by atoms with Gasteiger partial charge in [0.2, 0.25) is 0 Å². The summed E-state index contributed by atoms with van der Waals surface area (Å²) in [6, 6.07) is 6.58. The maximum Gasteiger partial charge on any atom is 0.123 e. The SMILES string of the molecule is NCC1CCC(c2cccc(F)c2)O1. The second-order valence-electron chi connectivity index (χ2n) is 3.61.